The summed E-state index contributed by atoms with van der Waals surface area (Å²) in [5, 5.41) is 7.54. The van der Waals surface area contributed by atoms with E-state index in [-0.39, 0.29) is 11.7 Å². The summed E-state index contributed by atoms with van der Waals surface area (Å²) in [4.78, 5) is 4.66. The average Bonchev–Trinajstić information content (AvgIpc) is 2.91. The Morgan fingerprint density at radius 2 is 2.10 bits per heavy atom. The Bertz CT molecular complexity index is 469. The molecule has 1 aromatic rings. The van der Waals surface area contributed by atoms with Crippen LogP contribution in [0.15, 0.2) is 18.2 Å². The molecule has 1 aliphatic heterocycles. The van der Waals surface area contributed by atoms with E-state index in [4.69, 9.17) is 11.1 Å². The molecule has 0 bridgehead atoms. The molecule has 3 N–H and O–H groups in total. The second-order valence-electron chi connectivity index (χ2n) is 5.50. The molecule has 20 heavy (non-hydrogen) atoms. The molecule has 1 aliphatic rings. The van der Waals surface area contributed by atoms with E-state index in [1.165, 1.54) is 38.1 Å². The Hall–Kier alpha value is -1.46. The molecule has 4 nitrogen and oxygen atoms in total. The maximum atomic E-state index is 13.2. The van der Waals surface area contributed by atoms with E-state index in [1.807, 2.05) is 7.05 Å². The maximum absolute atomic E-state index is 13.2. The van der Waals surface area contributed by atoms with Gasteiger partial charge in [-0.05, 0) is 50.7 Å². The molecule has 0 amide bonds. The van der Waals surface area contributed by atoms with Crippen LogP contribution in [0.3, 0.4) is 0 Å². The highest BCUT2D eigenvalue weighted by Gasteiger charge is 2.13. The molecule has 0 spiro atoms. The topological polar surface area (TPSA) is 56.4 Å². The molecule has 5 heteroatoms. The molecule has 0 unspecified atom stereocenters. The van der Waals surface area contributed by atoms with Crippen molar-refractivity contribution in [3.8, 4) is 0 Å². The molecule has 110 valence electrons. The first-order valence-corrected chi connectivity index (χ1v) is 7.10. The largest absolute Gasteiger partial charge is 0.384 e. The summed E-state index contributed by atoms with van der Waals surface area (Å²) in [6.45, 7) is 5.11. The number of rotatable bonds is 6. The third-order valence-electron chi connectivity index (χ3n) is 3.80. The number of amidine groups is 1. The molecule has 1 fully saturated rings. The van der Waals surface area contributed by atoms with Crippen LogP contribution in [0.2, 0.25) is 0 Å². The first-order chi connectivity index (χ1) is 9.56. The predicted molar refractivity (Wildman–Crippen MR) is 79.4 cm³/mol. The van der Waals surface area contributed by atoms with Gasteiger partial charge in [-0.1, -0.05) is 6.07 Å². The third-order valence-corrected chi connectivity index (χ3v) is 3.80. The first kappa shape index (κ1) is 14.9. The maximum Gasteiger partial charge on any atom is 0.123 e. The van der Waals surface area contributed by atoms with Gasteiger partial charge in [0, 0.05) is 25.2 Å². The van der Waals surface area contributed by atoms with Crippen molar-refractivity contribution in [1.82, 2.24) is 9.80 Å². The lowest BCUT2D eigenvalue weighted by Crippen LogP contribution is -2.31. The molecule has 0 atom stereocenters. The van der Waals surface area contributed by atoms with Crippen molar-refractivity contribution in [2.24, 2.45) is 5.73 Å². The van der Waals surface area contributed by atoms with E-state index >= 15 is 0 Å². The highest BCUT2D eigenvalue weighted by molar-refractivity contribution is 5.96. The van der Waals surface area contributed by atoms with Gasteiger partial charge in [0.15, 0.2) is 0 Å². The van der Waals surface area contributed by atoms with Gasteiger partial charge in [0.2, 0.25) is 0 Å². The van der Waals surface area contributed by atoms with Gasteiger partial charge < -0.3 is 15.5 Å². The number of nitrogens with one attached hydrogen (secondary N) is 1. The molecule has 2 rings (SSSR count). The van der Waals surface area contributed by atoms with E-state index in [0.717, 1.165) is 18.7 Å². The molecule has 0 aliphatic carbocycles. The van der Waals surface area contributed by atoms with E-state index < -0.39 is 0 Å². The number of hydrogen-bond donors (Lipinski definition) is 2. The highest BCUT2D eigenvalue weighted by Crippen LogP contribution is 2.13. The normalized spacial score (nSPS) is 15.9. The summed E-state index contributed by atoms with van der Waals surface area (Å²) < 4.78 is 13.2. The summed E-state index contributed by atoms with van der Waals surface area (Å²) in [5.74, 6) is -0.425. The quantitative estimate of drug-likeness (QED) is 0.614. The zero-order valence-corrected chi connectivity index (χ0v) is 12.0. The number of nitrogens with zero attached hydrogens (tertiary/aromatic N) is 2. The number of likely N-dealkylation sites (N-methyl/N-ethyl adjacent to an activating group) is 1. The summed E-state index contributed by atoms with van der Waals surface area (Å²) in [7, 11) is 2.04. The lowest BCUT2D eigenvalue weighted by Gasteiger charge is -2.22. The van der Waals surface area contributed by atoms with Crippen molar-refractivity contribution in [1.29, 1.82) is 5.41 Å². The van der Waals surface area contributed by atoms with Crippen molar-refractivity contribution < 1.29 is 4.39 Å². The van der Waals surface area contributed by atoms with Gasteiger partial charge in [-0.2, -0.15) is 0 Å². The van der Waals surface area contributed by atoms with Crippen LogP contribution < -0.4 is 5.73 Å². The standard InChI is InChI=1S/C15H23FN4/c1-19(8-9-20-6-2-3-7-20)11-12-4-5-13(16)10-14(12)15(17)18/h4-5,10H,2-3,6-9,11H2,1H3,(H3,17,18). The van der Waals surface area contributed by atoms with Crippen molar-refractivity contribution in [2.75, 3.05) is 33.2 Å². The monoisotopic (exact) mass is 278 g/mol. The molecular formula is C15H23FN4. The second kappa shape index (κ2) is 6.81. The summed E-state index contributed by atoms with van der Waals surface area (Å²) in [6.07, 6.45) is 2.60. The van der Waals surface area contributed by atoms with Gasteiger partial charge in [0.1, 0.15) is 11.7 Å². The summed E-state index contributed by atoms with van der Waals surface area (Å²) >= 11 is 0. The predicted octanol–water partition coefficient (Wildman–Crippen LogP) is 1.64. The van der Waals surface area contributed by atoms with Crippen molar-refractivity contribution in [3.05, 3.63) is 35.1 Å². The number of benzene rings is 1. The zero-order chi connectivity index (χ0) is 14.5. The van der Waals surface area contributed by atoms with Crippen LogP contribution in [0.4, 0.5) is 4.39 Å². The minimum absolute atomic E-state index is 0.0764. The Morgan fingerprint density at radius 1 is 1.40 bits per heavy atom. The van der Waals surface area contributed by atoms with Gasteiger partial charge in [0.05, 0.1) is 0 Å². The zero-order valence-electron chi connectivity index (χ0n) is 12.0. The minimum atomic E-state index is -0.348. The number of nitrogen functional groups attached to an aromatic ring is 1. The second-order valence-corrected chi connectivity index (χ2v) is 5.50. The lowest BCUT2D eigenvalue weighted by molar-refractivity contribution is 0.252. The Morgan fingerprint density at radius 3 is 2.75 bits per heavy atom. The molecule has 0 saturated carbocycles. The third kappa shape index (κ3) is 4.02. The first-order valence-electron chi connectivity index (χ1n) is 7.10. The fourth-order valence-corrected chi connectivity index (χ4v) is 2.63. The van der Waals surface area contributed by atoms with E-state index in [9.17, 15) is 4.39 Å². The fourth-order valence-electron chi connectivity index (χ4n) is 2.63. The van der Waals surface area contributed by atoms with Crippen LogP contribution >= 0.6 is 0 Å². The fraction of sp³-hybridized carbons (Fsp3) is 0.533. The van der Waals surface area contributed by atoms with Crippen molar-refractivity contribution in [3.63, 3.8) is 0 Å². The van der Waals surface area contributed by atoms with Crippen LogP contribution in [-0.2, 0) is 6.54 Å². The van der Waals surface area contributed by atoms with Crippen LogP contribution in [-0.4, -0.2) is 48.9 Å². The van der Waals surface area contributed by atoms with E-state index in [2.05, 4.69) is 9.80 Å². The Balaban J connectivity index is 1.92. The molecule has 0 radical (unpaired) electrons. The number of halogens is 1. The van der Waals surface area contributed by atoms with Gasteiger partial charge in [-0.15, -0.1) is 0 Å². The number of nitrogens with two attached hydrogens (primary N) is 1. The molecule has 0 aromatic heterocycles. The summed E-state index contributed by atoms with van der Waals surface area (Å²) in [5.41, 5.74) is 6.93. The minimum Gasteiger partial charge on any atom is -0.384 e. The smallest absolute Gasteiger partial charge is 0.123 e. The van der Waals surface area contributed by atoms with E-state index in [0.29, 0.717) is 12.1 Å². The van der Waals surface area contributed by atoms with Gasteiger partial charge in [-0.3, -0.25) is 5.41 Å². The number of likely N-dealkylation sites (tertiary alicyclic amines) is 1. The van der Waals surface area contributed by atoms with Crippen LogP contribution in [0.25, 0.3) is 0 Å². The highest BCUT2D eigenvalue weighted by atomic mass is 19.1. The van der Waals surface area contributed by atoms with Crippen LogP contribution in [0.1, 0.15) is 24.0 Å². The van der Waals surface area contributed by atoms with Crippen LogP contribution in [0.5, 0.6) is 0 Å². The molecule has 1 aromatic carbocycles. The molecule has 1 saturated heterocycles. The Labute approximate surface area is 119 Å². The van der Waals surface area contributed by atoms with E-state index in [1.54, 1.807) is 6.07 Å². The molecule has 1 heterocycles. The van der Waals surface area contributed by atoms with Crippen molar-refractivity contribution in [2.45, 2.75) is 19.4 Å². The number of hydrogen-bond acceptors (Lipinski definition) is 3. The van der Waals surface area contributed by atoms with Gasteiger partial charge in [-0.25, -0.2) is 4.39 Å². The SMILES string of the molecule is CN(CCN1CCCC1)Cc1ccc(F)cc1C(=N)N. The average molecular weight is 278 g/mol. The summed E-state index contributed by atoms with van der Waals surface area (Å²) in [6, 6.07) is 4.49. The van der Waals surface area contributed by atoms with Crippen molar-refractivity contribution >= 4 is 5.84 Å². The van der Waals surface area contributed by atoms with Gasteiger partial charge in [0.25, 0.3) is 0 Å². The van der Waals surface area contributed by atoms with Crippen LogP contribution in [0, 0.1) is 11.2 Å². The Kier molecular flexibility index (Phi) is 5.09. The lowest BCUT2D eigenvalue weighted by atomic mass is 10.1. The molecular weight excluding hydrogens is 255 g/mol. The van der Waals surface area contributed by atoms with Gasteiger partial charge >= 0.3 is 0 Å².